The first kappa shape index (κ1) is 28.4. The second-order valence-corrected chi connectivity index (χ2v) is 12.9. The molecule has 0 spiro atoms. The lowest BCUT2D eigenvalue weighted by Gasteiger charge is -2.27. The van der Waals surface area contributed by atoms with Crippen molar-refractivity contribution in [2.75, 3.05) is 4.90 Å². The number of nitrogens with zero attached hydrogens (tertiary/aromatic N) is 4. The molecule has 4 nitrogen and oxygen atoms in total. The molecule has 0 bridgehead atoms. The van der Waals surface area contributed by atoms with Crippen molar-refractivity contribution in [3.63, 3.8) is 0 Å². The molecule has 50 heavy (non-hydrogen) atoms. The maximum atomic E-state index is 5.05. The Kier molecular flexibility index (Phi) is 6.36. The summed E-state index contributed by atoms with van der Waals surface area (Å²) >= 11 is 0. The summed E-state index contributed by atoms with van der Waals surface area (Å²) in [6, 6.07) is 63.2. The molecule has 0 saturated carbocycles. The van der Waals surface area contributed by atoms with Crippen LogP contribution in [0.25, 0.3) is 65.9 Å². The first-order valence-electron chi connectivity index (χ1n) is 17.1. The monoisotopic (exact) mass is 640 g/mol. The van der Waals surface area contributed by atoms with Gasteiger partial charge in [0.15, 0.2) is 0 Å². The minimum atomic E-state index is 0.977. The lowest BCUT2D eigenvalue weighted by molar-refractivity contribution is 1.16. The van der Waals surface area contributed by atoms with Crippen molar-refractivity contribution in [2.45, 2.75) is 6.92 Å². The molecule has 0 aliphatic rings. The van der Waals surface area contributed by atoms with E-state index in [4.69, 9.17) is 4.98 Å². The van der Waals surface area contributed by atoms with E-state index in [2.05, 4.69) is 197 Å². The largest absolute Gasteiger partial charge is 0.309 e. The number of anilines is 3. The molecule has 7 aromatic carbocycles. The van der Waals surface area contributed by atoms with Crippen molar-refractivity contribution in [3.8, 4) is 11.4 Å². The molecule has 0 N–H and O–H groups in total. The first-order valence-corrected chi connectivity index (χ1v) is 17.1. The predicted octanol–water partition coefficient (Wildman–Crippen LogP) is 12.2. The molecule has 0 saturated heterocycles. The van der Waals surface area contributed by atoms with Gasteiger partial charge in [-0.1, -0.05) is 91.0 Å². The highest BCUT2D eigenvalue weighted by Crippen LogP contribution is 2.40. The van der Waals surface area contributed by atoms with E-state index in [1.54, 1.807) is 0 Å². The fourth-order valence-corrected chi connectivity index (χ4v) is 7.74. The van der Waals surface area contributed by atoms with Gasteiger partial charge in [0.25, 0.3) is 0 Å². The Morgan fingerprint density at radius 1 is 0.400 bits per heavy atom. The highest BCUT2D eigenvalue weighted by atomic mass is 15.2. The molecule has 0 amide bonds. The summed E-state index contributed by atoms with van der Waals surface area (Å²) in [5.41, 5.74) is 12.2. The Morgan fingerprint density at radius 2 is 0.820 bits per heavy atom. The summed E-state index contributed by atoms with van der Waals surface area (Å²) in [4.78, 5) is 7.38. The number of hydrogen-bond donors (Lipinski definition) is 0. The van der Waals surface area contributed by atoms with Crippen LogP contribution in [0, 0.1) is 6.92 Å². The third-order valence-corrected chi connectivity index (χ3v) is 9.97. The van der Waals surface area contributed by atoms with E-state index in [0.717, 1.165) is 45.0 Å². The summed E-state index contributed by atoms with van der Waals surface area (Å²) in [6.45, 7) is 2.06. The van der Waals surface area contributed by atoms with Crippen molar-refractivity contribution in [1.82, 2.24) is 14.1 Å². The van der Waals surface area contributed by atoms with Gasteiger partial charge in [-0.25, -0.2) is 0 Å². The topological polar surface area (TPSA) is 26.0 Å². The number of para-hydroxylation sites is 5. The third kappa shape index (κ3) is 4.35. The summed E-state index contributed by atoms with van der Waals surface area (Å²) in [7, 11) is 0. The van der Waals surface area contributed by atoms with Crippen molar-refractivity contribution in [1.29, 1.82) is 0 Å². The fourth-order valence-electron chi connectivity index (χ4n) is 7.74. The van der Waals surface area contributed by atoms with Crippen LogP contribution in [0.4, 0.5) is 17.1 Å². The Hall–Kier alpha value is -6.65. The van der Waals surface area contributed by atoms with Crippen LogP contribution in [-0.2, 0) is 0 Å². The minimum absolute atomic E-state index is 0.977. The maximum absolute atomic E-state index is 5.05. The van der Waals surface area contributed by atoms with Gasteiger partial charge in [0.05, 0.1) is 33.3 Å². The summed E-state index contributed by atoms with van der Waals surface area (Å²) in [5.74, 6) is 0. The Balaban J connectivity index is 1.14. The van der Waals surface area contributed by atoms with Crippen molar-refractivity contribution < 1.29 is 0 Å². The highest BCUT2D eigenvalue weighted by molar-refractivity contribution is 6.10. The quantitative estimate of drug-likeness (QED) is 0.187. The zero-order valence-electron chi connectivity index (χ0n) is 27.5. The molecule has 236 valence electrons. The molecule has 3 aromatic heterocycles. The lowest BCUT2D eigenvalue weighted by atomic mass is 10.1. The number of rotatable bonds is 5. The molecule has 0 unspecified atom stereocenters. The maximum Gasteiger partial charge on any atom is 0.0945 e. The van der Waals surface area contributed by atoms with Gasteiger partial charge >= 0.3 is 0 Å². The SMILES string of the molecule is Cc1ccc2cccc(N(c3ccc(-n4c5ccccc5c5ccccc54)cc3)c3ccc(-n4c5ccccc5c5ccccc54)cc3)c2n1. The van der Waals surface area contributed by atoms with Crippen LogP contribution >= 0.6 is 0 Å². The Bertz CT molecular complexity index is 2610. The van der Waals surface area contributed by atoms with Gasteiger partial charge < -0.3 is 14.0 Å². The van der Waals surface area contributed by atoms with Gasteiger partial charge in [-0.15, -0.1) is 0 Å². The average molecular weight is 641 g/mol. The molecular formula is C46H32N4. The summed E-state index contributed by atoms with van der Waals surface area (Å²) < 4.78 is 4.73. The Labute approximate surface area is 289 Å². The number of fused-ring (bicyclic) bond motifs is 7. The number of benzene rings is 7. The van der Waals surface area contributed by atoms with Crippen LogP contribution in [0.15, 0.2) is 176 Å². The molecular weight excluding hydrogens is 609 g/mol. The van der Waals surface area contributed by atoms with E-state index in [-0.39, 0.29) is 0 Å². The fraction of sp³-hybridized carbons (Fsp3) is 0.0217. The van der Waals surface area contributed by atoms with E-state index in [9.17, 15) is 0 Å². The van der Waals surface area contributed by atoms with Gasteiger partial charge in [0.1, 0.15) is 0 Å². The average Bonchev–Trinajstić information content (AvgIpc) is 3.69. The lowest BCUT2D eigenvalue weighted by Crippen LogP contribution is -2.11. The molecule has 4 heteroatoms. The first-order chi connectivity index (χ1) is 24.7. The zero-order chi connectivity index (χ0) is 33.2. The van der Waals surface area contributed by atoms with Gasteiger partial charge in [0, 0.05) is 55.4 Å². The second-order valence-electron chi connectivity index (χ2n) is 12.9. The van der Waals surface area contributed by atoms with Crippen LogP contribution in [0.5, 0.6) is 0 Å². The number of aryl methyl sites for hydroxylation is 1. The number of hydrogen-bond acceptors (Lipinski definition) is 2. The number of pyridine rings is 1. The molecule has 10 rings (SSSR count). The van der Waals surface area contributed by atoms with Gasteiger partial charge in [-0.3, -0.25) is 4.98 Å². The molecule has 0 aliphatic heterocycles. The molecule has 0 atom stereocenters. The van der Waals surface area contributed by atoms with Gasteiger partial charge in [-0.2, -0.15) is 0 Å². The molecule has 10 aromatic rings. The van der Waals surface area contributed by atoms with Crippen molar-refractivity contribution in [2.24, 2.45) is 0 Å². The molecule has 0 aliphatic carbocycles. The standard InChI is InChI=1S/C46H32N4/c1-31-21-22-32-11-10-20-45(46(32)47-31)48(33-23-27-35(28-24-33)49-41-16-6-2-12-37(41)38-13-3-7-17-42(38)49)34-25-29-36(30-26-34)50-43-18-8-4-14-39(43)40-15-5-9-19-44(40)50/h2-30H,1H3. The van der Waals surface area contributed by atoms with E-state index in [0.29, 0.717) is 0 Å². The van der Waals surface area contributed by atoms with E-state index in [1.807, 2.05) is 0 Å². The minimum Gasteiger partial charge on any atom is -0.309 e. The van der Waals surface area contributed by atoms with E-state index in [1.165, 1.54) is 43.6 Å². The van der Waals surface area contributed by atoms with Crippen LogP contribution in [0.3, 0.4) is 0 Å². The second kappa shape index (κ2) is 11.2. The molecule has 0 radical (unpaired) electrons. The van der Waals surface area contributed by atoms with Crippen molar-refractivity contribution in [3.05, 3.63) is 182 Å². The van der Waals surface area contributed by atoms with Crippen molar-refractivity contribution >= 4 is 71.6 Å². The van der Waals surface area contributed by atoms with Crippen LogP contribution in [0.2, 0.25) is 0 Å². The normalized spacial score (nSPS) is 11.7. The number of aromatic nitrogens is 3. The zero-order valence-corrected chi connectivity index (χ0v) is 27.5. The highest BCUT2D eigenvalue weighted by Gasteiger charge is 2.19. The van der Waals surface area contributed by atoms with Crippen LogP contribution < -0.4 is 4.90 Å². The molecule has 3 heterocycles. The third-order valence-electron chi connectivity index (χ3n) is 9.97. The van der Waals surface area contributed by atoms with Crippen LogP contribution in [0.1, 0.15) is 5.69 Å². The summed E-state index contributed by atoms with van der Waals surface area (Å²) in [6.07, 6.45) is 0. The molecule has 0 fully saturated rings. The Morgan fingerprint density at radius 3 is 1.26 bits per heavy atom. The van der Waals surface area contributed by atoms with E-state index >= 15 is 0 Å². The van der Waals surface area contributed by atoms with Crippen LogP contribution in [-0.4, -0.2) is 14.1 Å². The summed E-state index contributed by atoms with van der Waals surface area (Å²) in [5, 5.41) is 6.15. The smallest absolute Gasteiger partial charge is 0.0945 e. The predicted molar refractivity (Wildman–Crippen MR) is 210 cm³/mol. The van der Waals surface area contributed by atoms with E-state index < -0.39 is 0 Å². The van der Waals surface area contributed by atoms with Gasteiger partial charge in [-0.05, 0) is 91.9 Å². The van der Waals surface area contributed by atoms with Gasteiger partial charge in [0.2, 0.25) is 0 Å².